The van der Waals surface area contributed by atoms with E-state index in [4.69, 9.17) is 21.1 Å². The van der Waals surface area contributed by atoms with Gasteiger partial charge in [0.1, 0.15) is 5.75 Å². The fourth-order valence-electron chi connectivity index (χ4n) is 2.28. The van der Waals surface area contributed by atoms with E-state index in [1.807, 2.05) is 0 Å². The third-order valence-corrected chi connectivity index (χ3v) is 3.82. The number of hydrogen-bond donors (Lipinski definition) is 2. The second kappa shape index (κ2) is 8.33. The van der Waals surface area contributed by atoms with E-state index in [9.17, 15) is 4.79 Å². The molecule has 1 aromatic heterocycles. The lowest BCUT2D eigenvalue weighted by molar-refractivity contribution is 0.0601. The predicted octanol–water partition coefficient (Wildman–Crippen LogP) is 3.81. The van der Waals surface area contributed by atoms with Crippen molar-refractivity contribution in [3.05, 3.63) is 59.2 Å². The first kappa shape index (κ1) is 18.4. The maximum atomic E-state index is 11.6. The largest absolute Gasteiger partial charge is 0.495 e. The molecule has 2 aromatic carbocycles. The highest BCUT2D eigenvalue weighted by atomic mass is 35.5. The number of rotatable bonds is 6. The Morgan fingerprint density at radius 3 is 2.63 bits per heavy atom. The summed E-state index contributed by atoms with van der Waals surface area (Å²) in [6, 6.07) is 12.1. The molecule has 0 atom stereocenters. The zero-order valence-corrected chi connectivity index (χ0v) is 15.3. The number of halogens is 1. The smallest absolute Gasteiger partial charge is 0.337 e. The summed E-state index contributed by atoms with van der Waals surface area (Å²) in [7, 11) is 2.88. The van der Waals surface area contributed by atoms with Crippen LogP contribution in [0.2, 0.25) is 5.02 Å². The molecule has 0 saturated heterocycles. The number of benzene rings is 2. The van der Waals surface area contributed by atoms with E-state index in [2.05, 4.69) is 25.8 Å². The minimum Gasteiger partial charge on any atom is -0.495 e. The van der Waals surface area contributed by atoms with Crippen molar-refractivity contribution in [3.8, 4) is 5.75 Å². The average Bonchev–Trinajstić information content (AvgIpc) is 2.68. The molecule has 3 rings (SSSR count). The lowest BCUT2D eigenvalue weighted by atomic mass is 10.2. The second-order valence-electron chi connectivity index (χ2n) is 5.34. The van der Waals surface area contributed by atoms with E-state index >= 15 is 0 Å². The van der Waals surface area contributed by atoms with Gasteiger partial charge >= 0.3 is 5.97 Å². The first-order chi connectivity index (χ1) is 13.1. The molecule has 0 aliphatic carbocycles. The summed E-state index contributed by atoms with van der Waals surface area (Å²) in [6.45, 7) is 0. The number of aromatic nitrogens is 3. The van der Waals surface area contributed by atoms with E-state index in [0.29, 0.717) is 27.8 Å². The van der Waals surface area contributed by atoms with Crippen molar-refractivity contribution < 1.29 is 14.3 Å². The monoisotopic (exact) mass is 385 g/mol. The van der Waals surface area contributed by atoms with Crippen LogP contribution in [0.5, 0.6) is 5.75 Å². The Balaban J connectivity index is 1.76. The highest BCUT2D eigenvalue weighted by molar-refractivity contribution is 6.32. The molecule has 2 N–H and O–H groups in total. The summed E-state index contributed by atoms with van der Waals surface area (Å²) in [5, 5.41) is 14.4. The molecule has 27 heavy (non-hydrogen) atoms. The highest BCUT2D eigenvalue weighted by Gasteiger charge is 2.08. The van der Waals surface area contributed by atoms with E-state index in [0.717, 1.165) is 5.69 Å². The number of hydrogen-bond acceptors (Lipinski definition) is 8. The van der Waals surface area contributed by atoms with Gasteiger partial charge in [-0.15, -0.1) is 5.10 Å². The van der Waals surface area contributed by atoms with Crippen LogP contribution in [0, 0.1) is 0 Å². The van der Waals surface area contributed by atoms with E-state index < -0.39 is 5.97 Å². The van der Waals surface area contributed by atoms with Crippen molar-refractivity contribution in [2.24, 2.45) is 0 Å². The maximum absolute atomic E-state index is 11.6. The van der Waals surface area contributed by atoms with Crippen LogP contribution in [-0.2, 0) is 4.74 Å². The molecule has 9 heteroatoms. The van der Waals surface area contributed by atoms with Gasteiger partial charge in [0.15, 0.2) is 5.82 Å². The van der Waals surface area contributed by atoms with E-state index in [1.54, 1.807) is 49.6 Å². The normalized spacial score (nSPS) is 10.2. The first-order valence-corrected chi connectivity index (χ1v) is 8.22. The van der Waals surface area contributed by atoms with Crippen LogP contribution >= 0.6 is 11.6 Å². The van der Waals surface area contributed by atoms with Crippen molar-refractivity contribution in [2.75, 3.05) is 24.9 Å². The van der Waals surface area contributed by atoms with Gasteiger partial charge in [-0.3, -0.25) is 0 Å². The predicted molar refractivity (Wildman–Crippen MR) is 102 cm³/mol. The topological polar surface area (TPSA) is 98.3 Å². The molecule has 0 amide bonds. The molecule has 1 heterocycles. The van der Waals surface area contributed by atoms with Crippen LogP contribution in [0.1, 0.15) is 10.4 Å². The number of ether oxygens (including phenoxy) is 2. The number of nitrogens with zero attached hydrogens (tertiary/aromatic N) is 3. The Hall–Kier alpha value is -3.39. The molecular formula is C18H16ClN5O3. The second-order valence-corrected chi connectivity index (χ2v) is 5.74. The Bertz CT molecular complexity index is 967. The highest BCUT2D eigenvalue weighted by Crippen LogP contribution is 2.28. The molecule has 0 aliphatic rings. The zero-order chi connectivity index (χ0) is 19.2. The fraction of sp³-hybridized carbons (Fsp3) is 0.111. The molecule has 0 aliphatic heterocycles. The number of esters is 1. The summed E-state index contributed by atoms with van der Waals surface area (Å²) in [4.78, 5) is 16.0. The summed E-state index contributed by atoms with van der Waals surface area (Å²) >= 11 is 6.12. The molecule has 0 bridgehead atoms. The number of anilines is 4. The van der Waals surface area contributed by atoms with Gasteiger partial charge in [-0.05, 0) is 36.4 Å². The first-order valence-electron chi connectivity index (χ1n) is 7.84. The van der Waals surface area contributed by atoms with Gasteiger partial charge in [-0.2, -0.15) is 10.1 Å². The van der Waals surface area contributed by atoms with E-state index in [-0.39, 0.29) is 5.95 Å². The minimum atomic E-state index is -0.426. The van der Waals surface area contributed by atoms with Crippen LogP contribution in [0.4, 0.5) is 23.1 Å². The van der Waals surface area contributed by atoms with Gasteiger partial charge in [0.2, 0.25) is 5.95 Å². The molecule has 8 nitrogen and oxygen atoms in total. The van der Waals surface area contributed by atoms with Crippen molar-refractivity contribution in [3.63, 3.8) is 0 Å². The zero-order valence-electron chi connectivity index (χ0n) is 14.6. The number of nitrogens with one attached hydrogen (secondary N) is 2. The van der Waals surface area contributed by atoms with Gasteiger partial charge in [0.25, 0.3) is 0 Å². The van der Waals surface area contributed by atoms with Gasteiger partial charge in [-0.1, -0.05) is 17.7 Å². The molecule has 0 spiro atoms. The number of methoxy groups -OCH3 is 2. The summed E-state index contributed by atoms with van der Waals surface area (Å²) in [5.41, 5.74) is 1.77. The third kappa shape index (κ3) is 4.62. The Labute approximate surface area is 160 Å². The average molecular weight is 386 g/mol. The van der Waals surface area contributed by atoms with Crippen LogP contribution in [-0.4, -0.2) is 35.4 Å². The molecule has 0 radical (unpaired) electrons. The van der Waals surface area contributed by atoms with Crippen LogP contribution in [0.25, 0.3) is 0 Å². The molecule has 138 valence electrons. The van der Waals surface area contributed by atoms with Crippen molar-refractivity contribution >= 4 is 40.7 Å². The summed E-state index contributed by atoms with van der Waals surface area (Å²) in [6.07, 6.45) is 1.48. The summed E-state index contributed by atoms with van der Waals surface area (Å²) < 4.78 is 9.84. The Morgan fingerprint density at radius 1 is 1.07 bits per heavy atom. The fourth-order valence-corrected chi connectivity index (χ4v) is 2.54. The van der Waals surface area contributed by atoms with Crippen molar-refractivity contribution in [1.29, 1.82) is 0 Å². The lowest BCUT2D eigenvalue weighted by Gasteiger charge is -2.10. The van der Waals surface area contributed by atoms with Crippen molar-refractivity contribution in [2.45, 2.75) is 0 Å². The Morgan fingerprint density at radius 2 is 1.89 bits per heavy atom. The van der Waals surface area contributed by atoms with Gasteiger partial charge in [0, 0.05) is 11.4 Å². The van der Waals surface area contributed by atoms with Crippen molar-refractivity contribution in [1.82, 2.24) is 15.2 Å². The van der Waals surface area contributed by atoms with Crippen LogP contribution in [0.15, 0.2) is 48.7 Å². The van der Waals surface area contributed by atoms with Gasteiger partial charge in [-0.25, -0.2) is 4.79 Å². The van der Waals surface area contributed by atoms with Gasteiger partial charge in [0.05, 0.1) is 31.0 Å². The molecular weight excluding hydrogens is 370 g/mol. The summed E-state index contributed by atoms with van der Waals surface area (Å²) in [5.74, 6) is 0.889. The molecule has 0 fully saturated rings. The number of carbonyl (C=O) groups is 1. The molecule has 0 saturated carbocycles. The van der Waals surface area contributed by atoms with Crippen LogP contribution < -0.4 is 15.4 Å². The quantitative estimate of drug-likeness (QED) is 0.618. The number of carbonyl (C=O) groups excluding carboxylic acids is 1. The molecule has 0 unspecified atom stereocenters. The minimum absolute atomic E-state index is 0.265. The van der Waals surface area contributed by atoms with Crippen LogP contribution in [0.3, 0.4) is 0 Å². The standard InChI is InChI=1S/C18H16ClN5O3/c1-26-15-7-6-13(9-14(15)19)21-16-10-20-24-18(23-16)22-12-5-3-4-11(8-12)17(25)27-2/h3-10H,1-2H3,(H2,21,22,23,24). The maximum Gasteiger partial charge on any atom is 0.337 e. The van der Waals surface area contributed by atoms with E-state index in [1.165, 1.54) is 13.3 Å². The third-order valence-electron chi connectivity index (χ3n) is 3.52. The molecule has 3 aromatic rings. The Kier molecular flexibility index (Phi) is 5.68. The SMILES string of the molecule is COC(=O)c1cccc(Nc2nncc(Nc3ccc(OC)c(Cl)c3)n2)c1. The van der Waals surface area contributed by atoms with Gasteiger partial charge < -0.3 is 20.1 Å². The lowest BCUT2D eigenvalue weighted by Crippen LogP contribution is -2.04.